The standard InChI is InChI=1S/C9H12ClN3O/c1-13(7-4-11-5-7)9(14)8-2-6(10)3-12-8/h2-3,7,11-12H,4-5H2,1H3. The van der Waals surface area contributed by atoms with Crippen LogP contribution < -0.4 is 5.32 Å². The van der Waals surface area contributed by atoms with Crippen LogP contribution in [0.1, 0.15) is 10.5 Å². The summed E-state index contributed by atoms with van der Waals surface area (Å²) in [5.74, 6) is -0.0107. The summed E-state index contributed by atoms with van der Waals surface area (Å²) >= 11 is 5.72. The normalized spacial score (nSPS) is 16.4. The van der Waals surface area contributed by atoms with Crippen molar-refractivity contribution < 1.29 is 4.79 Å². The molecule has 1 amide bonds. The first-order valence-corrected chi connectivity index (χ1v) is 4.88. The second kappa shape index (κ2) is 3.63. The van der Waals surface area contributed by atoms with E-state index in [-0.39, 0.29) is 5.91 Å². The van der Waals surface area contributed by atoms with Crippen LogP contribution in [0.3, 0.4) is 0 Å². The van der Waals surface area contributed by atoms with E-state index in [0.29, 0.717) is 16.8 Å². The number of H-pyrrole nitrogens is 1. The first-order valence-electron chi connectivity index (χ1n) is 4.50. The number of rotatable bonds is 2. The molecular formula is C9H12ClN3O. The Morgan fingerprint density at radius 1 is 1.64 bits per heavy atom. The van der Waals surface area contributed by atoms with Gasteiger partial charge in [0.05, 0.1) is 11.1 Å². The molecule has 0 bridgehead atoms. The molecular weight excluding hydrogens is 202 g/mol. The van der Waals surface area contributed by atoms with Crippen LogP contribution in [0.5, 0.6) is 0 Å². The van der Waals surface area contributed by atoms with Gasteiger partial charge in [-0.3, -0.25) is 4.79 Å². The monoisotopic (exact) mass is 213 g/mol. The van der Waals surface area contributed by atoms with Gasteiger partial charge in [-0.2, -0.15) is 0 Å². The molecule has 1 aliphatic rings. The SMILES string of the molecule is CN(C(=O)c1cc(Cl)c[nH]1)C1CNC1. The number of likely N-dealkylation sites (N-methyl/N-ethyl adjacent to an activating group) is 1. The summed E-state index contributed by atoms with van der Waals surface area (Å²) in [5, 5.41) is 3.69. The first kappa shape index (κ1) is 9.55. The zero-order chi connectivity index (χ0) is 10.1. The Hall–Kier alpha value is -1.00. The largest absolute Gasteiger partial charge is 0.356 e. The Morgan fingerprint density at radius 2 is 2.36 bits per heavy atom. The van der Waals surface area contributed by atoms with Gasteiger partial charge < -0.3 is 15.2 Å². The lowest BCUT2D eigenvalue weighted by Gasteiger charge is -2.35. The Morgan fingerprint density at radius 3 is 2.79 bits per heavy atom. The van der Waals surface area contributed by atoms with Crippen molar-refractivity contribution >= 4 is 17.5 Å². The Balaban J connectivity index is 2.07. The Bertz CT molecular complexity index is 346. The second-order valence-electron chi connectivity index (χ2n) is 3.46. The van der Waals surface area contributed by atoms with E-state index in [9.17, 15) is 4.79 Å². The molecule has 0 radical (unpaired) electrons. The number of nitrogens with one attached hydrogen (secondary N) is 2. The molecule has 1 aromatic rings. The maximum absolute atomic E-state index is 11.8. The quantitative estimate of drug-likeness (QED) is 0.761. The topological polar surface area (TPSA) is 48.1 Å². The van der Waals surface area contributed by atoms with E-state index in [1.54, 1.807) is 17.2 Å². The molecule has 2 rings (SSSR count). The lowest BCUT2D eigenvalue weighted by molar-refractivity contribution is 0.0676. The minimum atomic E-state index is -0.0107. The van der Waals surface area contributed by atoms with Gasteiger partial charge in [-0.05, 0) is 6.07 Å². The van der Waals surface area contributed by atoms with Gasteiger partial charge in [0.15, 0.2) is 0 Å². The van der Waals surface area contributed by atoms with Crippen molar-refractivity contribution in [2.75, 3.05) is 20.1 Å². The maximum Gasteiger partial charge on any atom is 0.270 e. The molecule has 1 fully saturated rings. The molecule has 1 saturated heterocycles. The maximum atomic E-state index is 11.8. The molecule has 0 aliphatic carbocycles. The predicted molar refractivity (Wildman–Crippen MR) is 54.6 cm³/mol. The average Bonchev–Trinajstić information content (AvgIpc) is 2.47. The molecule has 0 atom stereocenters. The molecule has 4 nitrogen and oxygen atoms in total. The Kier molecular flexibility index (Phi) is 2.48. The Labute approximate surface area is 87.2 Å². The molecule has 0 spiro atoms. The van der Waals surface area contributed by atoms with Crippen LogP contribution in [-0.2, 0) is 0 Å². The van der Waals surface area contributed by atoms with E-state index in [2.05, 4.69) is 10.3 Å². The fourth-order valence-corrected chi connectivity index (χ4v) is 1.56. The predicted octanol–water partition coefficient (Wildman–Crippen LogP) is 0.712. The summed E-state index contributed by atoms with van der Waals surface area (Å²) in [6, 6.07) is 1.96. The first-order chi connectivity index (χ1) is 6.68. The fourth-order valence-electron chi connectivity index (χ4n) is 1.39. The zero-order valence-electron chi connectivity index (χ0n) is 7.88. The van der Waals surface area contributed by atoms with Gasteiger partial charge in [0, 0.05) is 26.3 Å². The van der Waals surface area contributed by atoms with Crippen LogP contribution >= 0.6 is 11.6 Å². The van der Waals surface area contributed by atoms with E-state index < -0.39 is 0 Å². The number of carbonyl (C=O) groups excluding carboxylic acids is 1. The summed E-state index contributed by atoms with van der Waals surface area (Å²) in [6.45, 7) is 1.74. The number of aromatic amines is 1. The fraction of sp³-hybridized carbons (Fsp3) is 0.444. The molecule has 76 valence electrons. The van der Waals surface area contributed by atoms with E-state index in [0.717, 1.165) is 13.1 Å². The molecule has 0 aromatic carbocycles. The van der Waals surface area contributed by atoms with Crippen molar-refractivity contribution in [3.63, 3.8) is 0 Å². The zero-order valence-corrected chi connectivity index (χ0v) is 8.64. The van der Waals surface area contributed by atoms with Crippen molar-refractivity contribution in [2.24, 2.45) is 0 Å². The number of aromatic nitrogens is 1. The van der Waals surface area contributed by atoms with Crippen LogP contribution in [0, 0.1) is 0 Å². The van der Waals surface area contributed by atoms with Gasteiger partial charge in [-0.1, -0.05) is 11.6 Å². The highest BCUT2D eigenvalue weighted by Gasteiger charge is 2.26. The van der Waals surface area contributed by atoms with Gasteiger partial charge in [0.1, 0.15) is 5.69 Å². The van der Waals surface area contributed by atoms with E-state index >= 15 is 0 Å². The molecule has 14 heavy (non-hydrogen) atoms. The van der Waals surface area contributed by atoms with E-state index in [1.807, 2.05) is 7.05 Å². The summed E-state index contributed by atoms with van der Waals surface area (Å²) in [5.41, 5.74) is 0.546. The van der Waals surface area contributed by atoms with E-state index in [1.165, 1.54) is 0 Å². The summed E-state index contributed by atoms with van der Waals surface area (Å²) in [6.07, 6.45) is 1.61. The van der Waals surface area contributed by atoms with Crippen LogP contribution in [0.4, 0.5) is 0 Å². The van der Waals surface area contributed by atoms with Gasteiger partial charge in [0.2, 0.25) is 0 Å². The van der Waals surface area contributed by atoms with Crippen LogP contribution in [-0.4, -0.2) is 42.0 Å². The van der Waals surface area contributed by atoms with Crippen molar-refractivity contribution in [1.29, 1.82) is 0 Å². The van der Waals surface area contributed by atoms with Crippen LogP contribution in [0.2, 0.25) is 5.02 Å². The van der Waals surface area contributed by atoms with Crippen molar-refractivity contribution in [1.82, 2.24) is 15.2 Å². The number of halogens is 1. The van der Waals surface area contributed by atoms with Gasteiger partial charge in [-0.15, -0.1) is 0 Å². The summed E-state index contributed by atoms with van der Waals surface area (Å²) < 4.78 is 0. The molecule has 2 heterocycles. The minimum Gasteiger partial charge on any atom is -0.356 e. The van der Waals surface area contributed by atoms with Crippen LogP contribution in [0.15, 0.2) is 12.3 Å². The number of hydrogen-bond donors (Lipinski definition) is 2. The minimum absolute atomic E-state index is 0.0107. The number of hydrogen-bond acceptors (Lipinski definition) is 2. The lowest BCUT2D eigenvalue weighted by atomic mass is 10.1. The third-order valence-corrected chi connectivity index (χ3v) is 2.72. The van der Waals surface area contributed by atoms with Crippen LogP contribution in [0.25, 0.3) is 0 Å². The summed E-state index contributed by atoms with van der Waals surface area (Å²) in [7, 11) is 1.81. The van der Waals surface area contributed by atoms with Gasteiger partial charge in [-0.25, -0.2) is 0 Å². The number of nitrogens with zero attached hydrogens (tertiary/aromatic N) is 1. The molecule has 1 aliphatic heterocycles. The third-order valence-electron chi connectivity index (χ3n) is 2.51. The molecule has 1 aromatic heterocycles. The van der Waals surface area contributed by atoms with Gasteiger partial charge >= 0.3 is 0 Å². The highest BCUT2D eigenvalue weighted by Crippen LogP contribution is 2.13. The molecule has 2 N–H and O–H groups in total. The lowest BCUT2D eigenvalue weighted by Crippen LogP contribution is -2.57. The third kappa shape index (κ3) is 1.63. The number of amides is 1. The van der Waals surface area contributed by atoms with Crippen molar-refractivity contribution in [3.05, 3.63) is 23.0 Å². The smallest absolute Gasteiger partial charge is 0.270 e. The highest BCUT2D eigenvalue weighted by molar-refractivity contribution is 6.30. The molecule has 0 saturated carbocycles. The highest BCUT2D eigenvalue weighted by atomic mass is 35.5. The van der Waals surface area contributed by atoms with Gasteiger partial charge in [0.25, 0.3) is 5.91 Å². The molecule has 0 unspecified atom stereocenters. The average molecular weight is 214 g/mol. The number of carbonyl (C=O) groups is 1. The summed E-state index contributed by atoms with van der Waals surface area (Å²) in [4.78, 5) is 16.4. The van der Waals surface area contributed by atoms with E-state index in [4.69, 9.17) is 11.6 Å². The second-order valence-corrected chi connectivity index (χ2v) is 3.90. The van der Waals surface area contributed by atoms with Crippen molar-refractivity contribution in [3.8, 4) is 0 Å². The van der Waals surface area contributed by atoms with Crippen molar-refractivity contribution in [2.45, 2.75) is 6.04 Å². The molecule has 5 heteroatoms.